The molecule has 2 aliphatic rings. The summed E-state index contributed by atoms with van der Waals surface area (Å²) in [6, 6.07) is 5.43. The van der Waals surface area contributed by atoms with E-state index in [4.69, 9.17) is 0 Å². The Kier molecular flexibility index (Phi) is 3.12. The molecule has 1 aliphatic carbocycles. The van der Waals surface area contributed by atoms with E-state index in [1.165, 1.54) is 50.0 Å². The maximum Gasteiger partial charge on any atom is 0.0605 e. The number of nitrogens with one attached hydrogen (secondary N) is 1. The fourth-order valence-corrected chi connectivity index (χ4v) is 3.13. The second-order valence-corrected chi connectivity index (χ2v) is 5.41. The third kappa shape index (κ3) is 2.35. The van der Waals surface area contributed by atoms with Crippen molar-refractivity contribution in [3.8, 4) is 0 Å². The molecule has 0 radical (unpaired) electrons. The molecule has 2 unspecified atom stereocenters. The Labute approximate surface area is 103 Å². The van der Waals surface area contributed by atoms with Crippen LogP contribution in [0.15, 0.2) is 18.3 Å². The predicted molar refractivity (Wildman–Crippen MR) is 69.0 cm³/mol. The number of likely N-dealkylation sites (tertiary alicyclic amines) is 1. The summed E-state index contributed by atoms with van der Waals surface area (Å²) in [7, 11) is 2.20. The summed E-state index contributed by atoms with van der Waals surface area (Å²) < 4.78 is 0. The zero-order chi connectivity index (χ0) is 11.7. The molecule has 0 aromatic carbocycles. The van der Waals surface area contributed by atoms with Gasteiger partial charge in [0.2, 0.25) is 0 Å². The molecule has 2 atom stereocenters. The summed E-state index contributed by atoms with van der Waals surface area (Å²) in [6.45, 7) is 2.40. The van der Waals surface area contributed by atoms with Gasteiger partial charge in [0.15, 0.2) is 0 Å². The molecule has 0 bridgehead atoms. The molecular weight excluding hydrogens is 210 g/mol. The highest BCUT2D eigenvalue weighted by molar-refractivity contribution is 5.25. The van der Waals surface area contributed by atoms with E-state index in [1.54, 1.807) is 0 Å². The van der Waals surface area contributed by atoms with E-state index in [-0.39, 0.29) is 0 Å². The van der Waals surface area contributed by atoms with Crippen molar-refractivity contribution in [2.24, 2.45) is 0 Å². The fourth-order valence-electron chi connectivity index (χ4n) is 3.13. The Morgan fingerprint density at radius 2 is 2.35 bits per heavy atom. The largest absolute Gasteiger partial charge is 0.305 e. The molecule has 1 N–H and O–H groups in total. The van der Waals surface area contributed by atoms with Gasteiger partial charge in [0, 0.05) is 18.8 Å². The Hall–Kier alpha value is -0.930. The standard InChI is InChI=1S/C14H21N3/c1-17-9-7-12(10-17)16-13-6-2-4-11-5-3-8-15-14(11)13/h3,5,8,12-13,16H,2,4,6-7,9-10H2,1H3. The minimum Gasteiger partial charge on any atom is -0.305 e. The Balaban J connectivity index is 1.72. The summed E-state index contributed by atoms with van der Waals surface area (Å²) in [5, 5.41) is 3.80. The molecule has 0 saturated carbocycles. The summed E-state index contributed by atoms with van der Waals surface area (Å²) in [4.78, 5) is 6.99. The number of aromatic nitrogens is 1. The first-order valence-electron chi connectivity index (χ1n) is 6.71. The molecule has 17 heavy (non-hydrogen) atoms. The quantitative estimate of drug-likeness (QED) is 0.840. The highest BCUT2D eigenvalue weighted by Crippen LogP contribution is 2.28. The van der Waals surface area contributed by atoms with Gasteiger partial charge >= 0.3 is 0 Å². The van der Waals surface area contributed by atoms with E-state index >= 15 is 0 Å². The number of pyridine rings is 1. The van der Waals surface area contributed by atoms with Gasteiger partial charge in [-0.3, -0.25) is 4.98 Å². The van der Waals surface area contributed by atoms with E-state index in [0.29, 0.717) is 12.1 Å². The fraction of sp³-hybridized carbons (Fsp3) is 0.643. The molecule has 1 fully saturated rings. The van der Waals surface area contributed by atoms with Crippen LogP contribution >= 0.6 is 0 Å². The van der Waals surface area contributed by atoms with Crippen molar-refractivity contribution in [2.75, 3.05) is 20.1 Å². The van der Waals surface area contributed by atoms with Gasteiger partial charge in [0.05, 0.1) is 11.7 Å². The zero-order valence-corrected chi connectivity index (χ0v) is 10.5. The van der Waals surface area contributed by atoms with Crippen LogP contribution in [-0.4, -0.2) is 36.1 Å². The predicted octanol–water partition coefficient (Wildman–Crippen LogP) is 1.75. The van der Waals surface area contributed by atoms with Gasteiger partial charge in [-0.15, -0.1) is 0 Å². The first-order chi connectivity index (χ1) is 8.33. The summed E-state index contributed by atoms with van der Waals surface area (Å²) in [5.41, 5.74) is 2.75. The number of likely N-dealkylation sites (N-methyl/N-ethyl adjacent to an activating group) is 1. The highest BCUT2D eigenvalue weighted by atomic mass is 15.2. The molecular formula is C14H21N3. The lowest BCUT2D eigenvalue weighted by Crippen LogP contribution is -2.36. The van der Waals surface area contributed by atoms with Crippen LogP contribution in [0.2, 0.25) is 0 Å². The van der Waals surface area contributed by atoms with Crippen LogP contribution in [0.4, 0.5) is 0 Å². The van der Waals surface area contributed by atoms with Crippen molar-refractivity contribution < 1.29 is 0 Å². The molecule has 3 rings (SSSR count). The van der Waals surface area contributed by atoms with Crippen molar-refractivity contribution in [3.63, 3.8) is 0 Å². The summed E-state index contributed by atoms with van der Waals surface area (Å²) >= 11 is 0. The highest BCUT2D eigenvalue weighted by Gasteiger charge is 2.26. The van der Waals surface area contributed by atoms with Crippen LogP contribution in [0, 0.1) is 0 Å². The van der Waals surface area contributed by atoms with Gasteiger partial charge in [-0.25, -0.2) is 0 Å². The number of hydrogen-bond acceptors (Lipinski definition) is 3. The molecule has 3 heteroatoms. The van der Waals surface area contributed by atoms with Crippen LogP contribution in [0.3, 0.4) is 0 Å². The van der Waals surface area contributed by atoms with Crippen LogP contribution in [-0.2, 0) is 6.42 Å². The van der Waals surface area contributed by atoms with Crippen molar-refractivity contribution in [2.45, 2.75) is 37.8 Å². The van der Waals surface area contributed by atoms with Crippen LogP contribution in [0.25, 0.3) is 0 Å². The first kappa shape index (κ1) is 11.2. The van der Waals surface area contributed by atoms with Gasteiger partial charge in [0.25, 0.3) is 0 Å². The van der Waals surface area contributed by atoms with Gasteiger partial charge in [0.1, 0.15) is 0 Å². The average molecular weight is 231 g/mol. The minimum atomic E-state index is 0.483. The Morgan fingerprint density at radius 1 is 1.41 bits per heavy atom. The summed E-state index contributed by atoms with van der Waals surface area (Å²) in [6.07, 6.45) is 6.93. The van der Waals surface area contributed by atoms with E-state index < -0.39 is 0 Å². The van der Waals surface area contributed by atoms with Crippen molar-refractivity contribution in [3.05, 3.63) is 29.6 Å². The van der Waals surface area contributed by atoms with Crippen LogP contribution < -0.4 is 5.32 Å². The summed E-state index contributed by atoms with van der Waals surface area (Å²) in [5.74, 6) is 0. The Morgan fingerprint density at radius 3 is 3.18 bits per heavy atom. The lowest BCUT2D eigenvalue weighted by molar-refractivity contribution is 0.362. The normalized spacial score (nSPS) is 29.2. The number of hydrogen-bond donors (Lipinski definition) is 1. The number of nitrogens with zero attached hydrogens (tertiary/aromatic N) is 2. The molecule has 1 saturated heterocycles. The third-order valence-corrected chi connectivity index (χ3v) is 4.02. The first-order valence-corrected chi connectivity index (χ1v) is 6.71. The maximum atomic E-state index is 4.59. The van der Waals surface area contributed by atoms with Crippen molar-refractivity contribution in [1.29, 1.82) is 0 Å². The number of fused-ring (bicyclic) bond motifs is 1. The lowest BCUT2D eigenvalue weighted by Gasteiger charge is -2.28. The lowest BCUT2D eigenvalue weighted by atomic mass is 9.91. The van der Waals surface area contributed by atoms with E-state index in [0.717, 1.165) is 0 Å². The molecule has 3 nitrogen and oxygen atoms in total. The van der Waals surface area contributed by atoms with Crippen molar-refractivity contribution >= 4 is 0 Å². The monoisotopic (exact) mass is 231 g/mol. The smallest absolute Gasteiger partial charge is 0.0605 e. The van der Waals surface area contributed by atoms with Gasteiger partial charge in [-0.05, 0) is 50.9 Å². The average Bonchev–Trinajstić information content (AvgIpc) is 2.75. The maximum absolute atomic E-state index is 4.59. The van der Waals surface area contributed by atoms with Gasteiger partial charge < -0.3 is 10.2 Å². The molecule has 1 aromatic rings. The number of aryl methyl sites for hydroxylation is 1. The second kappa shape index (κ2) is 4.75. The molecule has 92 valence electrons. The number of rotatable bonds is 2. The topological polar surface area (TPSA) is 28.2 Å². The molecule has 1 aromatic heterocycles. The van der Waals surface area contributed by atoms with E-state index in [2.05, 4.69) is 34.4 Å². The SMILES string of the molecule is CN1CCC(NC2CCCc3cccnc32)C1. The molecule has 2 heterocycles. The van der Waals surface area contributed by atoms with Crippen LogP contribution in [0.1, 0.15) is 36.6 Å². The zero-order valence-electron chi connectivity index (χ0n) is 10.5. The molecule has 0 spiro atoms. The molecule has 0 amide bonds. The minimum absolute atomic E-state index is 0.483. The van der Waals surface area contributed by atoms with E-state index in [9.17, 15) is 0 Å². The van der Waals surface area contributed by atoms with Crippen molar-refractivity contribution in [1.82, 2.24) is 15.2 Å². The van der Waals surface area contributed by atoms with Gasteiger partial charge in [-0.1, -0.05) is 6.07 Å². The second-order valence-electron chi connectivity index (χ2n) is 5.41. The van der Waals surface area contributed by atoms with E-state index in [1.807, 2.05) is 6.20 Å². The van der Waals surface area contributed by atoms with Crippen LogP contribution in [0.5, 0.6) is 0 Å². The van der Waals surface area contributed by atoms with Gasteiger partial charge in [-0.2, -0.15) is 0 Å². The Bertz CT molecular complexity index is 391. The third-order valence-electron chi connectivity index (χ3n) is 4.02. The molecule has 1 aliphatic heterocycles.